The third kappa shape index (κ3) is 2.76. The second kappa shape index (κ2) is 6.19. The fourth-order valence-corrected chi connectivity index (χ4v) is 3.04. The van der Waals surface area contributed by atoms with Crippen LogP contribution in [0.25, 0.3) is 11.4 Å². The Bertz CT molecular complexity index is 840. The number of furan rings is 1. The number of hydrogen-bond donors (Lipinski definition) is 3. The number of carbonyl (C=O) groups is 1. The summed E-state index contributed by atoms with van der Waals surface area (Å²) in [5.41, 5.74) is 3.06. The SMILES string of the molecule is O=C(Nc1cn[nH]c1-c1ccccn1)N[C@H]1CCCc2occc21. The van der Waals surface area contributed by atoms with Crippen LogP contribution in [0.3, 0.4) is 0 Å². The molecular formula is C17H17N5O2. The molecule has 3 N–H and O–H groups in total. The number of aryl methyl sites for hydroxylation is 1. The number of aromatic nitrogens is 3. The number of pyridine rings is 1. The van der Waals surface area contributed by atoms with Crippen molar-refractivity contribution in [2.75, 3.05) is 5.32 Å². The molecule has 1 aliphatic carbocycles. The normalized spacial score (nSPS) is 16.4. The number of amides is 2. The van der Waals surface area contributed by atoms with Gasteiger partial charge >= 0.3 is 6.03 Å². The molecule has 0 spiro atoms. The molecule has 3 heterocycles. The summed E-state index contributed by atoms with van der Waals surface area (Å²) in [7, 11) is 0. The van der Waals surface area contributed by atoms with E-state index in [1.165, 1.54) is 0 Å². The number of rotatable bonds is 3. The molecule has 7 nitrogen and oxygen atoms in total. The predicted octanol–water partition coefficient (Wildman–Crippen LogP) is 3.26. The van der Waals surface area contributed by atoms with Crippen LogP contribution in [0, 0.1) is 0 Å². The number of fused-ring (bicyclic) bond motifs is 1. The van der Waals surface area contributed by atoms with Gasteiger partial charge < -0.3 is 15.1 Å². The molecule has 1 atom stereocenters. The van der Waals surface area contributed by atoms with Crippen molar-refractivity contribution in [3.8, 4) is 11.4 Å². The van der Waals surface area contributed by atoms with Gasteiger partial charge in [0.25, 0.3) is 0 Å². The third-order valence-electron chi connectivity index (χ3n) is 4.17. The maximum Gasteiger partial charge on any atom is 0.319 e. The maximum atomic E-state index is 12.4. The predicted molar refractivity (Wildman–Crippen MR) is 88.4 cm³/mol. The Morgan fingerprint density at radius 1 is 1.33 bits per heavy atom. The van der Waals surface area contributed by atoms with Crippen LogP contribution in [0.1, 0.15) is 30.2 Å². The van der Waals surface area contributed by atoms with Crippen LogP contribution in [-0.4, -0.2) is 21.2 Å². The van der Waals surface area contributed by atoms with Gasteiger partial charge in [-0.3, -0.25) is 10.1 Å². The minimum Gasteiger partial charge on any atom is -0.469 e. The van der Waals surface area contributed by atoms with Gasteiger partial charge in [-0.15, -0.1) is 0 Å². The van der Waals surface area contributed by atoms with Crippen LogP contribution < -0.4 is 10.6 Å². The molecule has 0 bridgehead atoms. The lowest BCUT2D eigenvalue weighted by molar-refractivity contribution is 0.246. The van der Waals surface area contributed by atoms with Gasteiger partial charge in [0.05, 0.1) is 29.9 Å². The molecule has 0 aromatic carbocycles. The van der Waals surface area contributed by atoms with Crippen molar-refractivity contribution in [1.82, 2.24) is 20.5 Å². The lowest BCUT2D eigenvalue weighted by Crippen LogP contribution is -2.34. The lowest BCUT2D eigenvalue weighted by atomic mass is 9.93. The monoisotopic (exact) mass is 323 g/mol. The van der Waals surface area contributed by atoms with Crippen molar-refractivity contribution in [2.45, 2.75) is 25.3 Å². The molecule has 122 valence electrons. The summed E-state index contributed by atoms with van der Waals surface area (Å²) in [6.45, 7) is 0. The quantitative estimate of drug-likeness (QED) is 0.689. The molecule has 3 aromatic heterocycles. The van der Waals surface area contributed by atoms with Gasteiger partial charge in [-0.2, -0.15) is 5.10 Å². The van der Waals surface area contributed by atoms with Crippen molar-refractivity contribution in [2.24, 2.45) is 0 Å². The Labute approximate surface area is 138 Å². The Balaban J connectivity index is 1.48. The topological polar surface area (TPSA) is 95.8 Å². The largest absolute Gasteiger partial charge is 0.469 e. The standard InChI is InChI=1S/C17H17N5O2/c23-17(20-12-5-3-6-15-11(12)7-9-24-15)21-14-10-19-22-16(14)13-4-1-2-8-18-13/h1-2,4,7-10,12H,3,5-6H2,(H,19,22)(H2,20,21,23)/t12-/m0/s1. The van der Waals surface area contributed by atoms with Crippen LogP contribution in [0.15, 0.2) is 47.3 Å². The van der Waals surface area contributed by atoms with E-state index >= 15 is 0 Å². The Kier molecular flexibility index (Phi) is 3.74. The highest BCUT2D eigenvalue weighted by molar-refractivity contribution is 5.93. The number of carbonyl (C=O) groups excluding carboxylic acids is 1. The lowest BCUT2D eigenvalue weighted by Gasteiger charge is -2.22. The van der Waals surface area contributed by atoms with Crippen molar-refractivity contribution in [3.63, 3.8) is 0 Å². The molecule has 0 fully saturated rings. The first-order valence-corrected chi connectivity index (χ1v) is 7.90. The minimum absolute atomic E-state index is 0.0299. The summed E-state index contributed by atoms with van der Waals surface area (Å²) >= 11 is 0. The highest BCUT2D eigenvalue weighted by Crippen LogP contribution is 2.30. The van der Waals surface area contributed by atoms with E-state index in [0.29, 0.717) is 11.4 Å². The van der Waals surface area contributed by atoms with Gasteiger partial charge in [0, 0.05) is 18.2 Å². The minimum atomic E-state index is -0.271. The number of anilines is 1. The van der Waals surface area contributed by atoms with Crippen LogP contribution in [-0.2, 0) is 6.42 Å². The number of hydrogen-bond acceptors (Lipinski definition) is 4. The Morgan fingerprint density at radius 3 is 3.17 bits per heavy atom. The van der Waals surface area contributed by atoms with Gasteiger partial charge in [-0.1, -0.05) is 6.07 Å². The number of nitrogens with zero attached hydrogens (tertiary/aromatic N) is 2. The van der Waals surface area contributed by atoms with Crippen molar-refractivity contribution in [1.29, 1.82) is 0 Å². The molecule has 2 amide bonds. The average molecular weight is 323 g/mol. The van der Waals surface area contributed by atoms with Gasteiger partial charge in [-0.05, 0) is 31.0 Å². The second-order valence-corrected chi connectivity index (χ2v) is 5.72. The smallest absolute Gasteiger partial charge is 0.319 e. The van der Waals surface area contributed by atoms with Gasteiger partial charge in [0.15, 0.2) is 0 Å². The summed E-state index contributed by atoms with van der Waals surface area (Å²) < 4.78 is 5.46. The molecular weight excluding hydrogens is 306 g/mol. The molecule has 4 rings (SSSR count). The zero-order chi connectivity index (χ0) is 16.4. The van der Waals surface area contributed by atoms with E-state index in [1.54, 1.807) is 18.7 Å². The number of urea groups is 1. The van der Waals surface area contributed by atoms with Crippen LogP contribution >= 0.6 is 0 Å². The number of H-pyrrole nitrogens is 1. The highest BCUT2D eigenvalue weighted by atomic mass is 16.3. The molecule has 0 radical (unpaired) electrons. The first-order valence-electron chi connectivity index (χ1n) is 7.90. The fourth-order valence-electron chi connectivity index (χ4n) is 3.04. The van der Waals surface area contributed by atoms with Crippen LogP contribution in [0.4, 0.5) is 10.5 Å². The first-order chi connectivity index (χ1) is 11.8. The summed E-state index contributed by atoms with van der Waals surface area (Å²) in [6, 6.07) is 7.21. The first kappa shape index (κ1) is 14.5. The molecule has 0 unspecified atom stereocenters. The maximum absolute atomic E-state index is 12.4. The summed E-state index contributed by atoms with van der Waals surface area (Å²) in [5.74, 6) is 0.962. The zero-order valence-electron chi connectivity index (χ0n) is 13.0. The van der Waals surface area contributed by atoms with E-state index in [0.717, 1.165) is 36.3 Å². The van der Waals surface area contributed by atoms with Gasteiger partial charge in [0.1, 0.15) is 11.5 Å². The zero-order valence-corrected chi connectivity index (χ0v) is 13.0. The van der Waals surface area contributed by atoms with Crippen molar-refractivity contribution < 1.29 is 9.21 Å². The average Bonchev–Trinajstić information content (AvgIpc) is 3.25. The van der Waals surface area contributed by atoms with E-state index in [1.807, 2.05) is 24.3 Å². The van der Waals surface area contributed by atoms with E-state index < -0.39 is 0 Å². The molecule has 3 aromatic rings. The van der Waals surface area contributed by atoms with Gasteiger partial charge in [0.2, 0.25) is 0 Å². The van der Waals surface area contributed by atoms with E-state index in [4.69, 9.17) is 4.42 Å². The van der Waals surface area contributed by atoms with Gasteiger partial charge in [-0.25, -0.2) is 4.79 Å². The highest BCUT2D eigenvalue weighted by Gasteiger charge is 2.24. The van der Waals surface area contributed by atoms with Crippen LogP contribution in [0.5, 0.6) is 0 Å². The second-order valence-electron chi connectivity index (χ2n) is 5.72. The Hall–Kier alpha value is -3.09. The van der Waals surface area contributed by atoms with Crippen LogP contribution in [0.2, 0.25) is 0 Å². The summed E-state index contributed by atoms with van der Waals surface area (Å²) in [6.07, 6.45) is 7.77. The molecule has 1 aliphatic rings. The molecule has 0 saturated heterocycles. The third-order valence-corrected chi connectivity index (χ3v) is 4.17. The summed E-state index contributed by atoms with van der Waals surface area (Å²) in [5, 5.41) is 12.7. The number of aromatic amines is 1. The molecule has 24 heavy (non-hydrogen) atoms. The van der Waals surface area contributed by atoms with Crippen molar-refractivity contribution in [3.05, 3.63) is 54.2 Å². The van der Waals surface area contributed by atoms with E-state index in [2.05, 4.69) is 25.8 Å². The van der Waals surface area contributed by atoms with E-state index in [-0.39, 0.29) is 12.1 Å². The fraction of sp³-hybridized carbons (Fsp3) is 0.235. The number of nitrogens with one attached hydrogen (secondary N) is 3. The molecule has 7 heteroatoms. The van der Waals surface area contributed by atoms with E-state index in [9.17, 15) is 4.79 Å². The Morgan fingerprint density at radius 2 is 2.29 bits per heavy atom. The van der Waals surface area contributed by atoms with Crippen molar-refractivity contribution >= 4 is 11.7 Å². The molecule has 0 aliphatic heterocycles. The summed E-state index contributed by atoms with van der Waals surface area (Å²) in [4.78, 5) is 16.7. The molecule has 0 saturated carbocycles.